The first-order valence-electron chi connectivity index (χ1n) is 10.8. The molecule has 0 saturated carbocycles. The molecule has 1 aliphatic rings. The van der Waals surface area contributed by atoms with E-state index in [9.17, 15) is 4.79 Å². The molecular formula is C24H21N7O3. The molecule has 34 heavy (non-hydrogen) atoms. The number of pyridine rings is 1. The third-order valence-electron chi connectivity index (χ3n) is 5.83. The van der Waals surface area contributed by atoms with Gasteiger partial charge in [0.05, 0.1) is 34.7 Å². The number of aromatic amines is 1. The van der Waals surface area contributed by atoms with Crippen LogP contribution in [-0.2, 0) is 0 Å². The molecule has 5 aromatic rings. The summed E-state index contributed by atoms with van der Waals surface area (Å²) in [5.41, 5.74) is 8.06. The number of nitrogens with zero attached hydrogens (tertiary/aromatic N) is 5. The second-order valence-corrected chi connectivity index (χ2v) is 8.18. The van der Waals surface area contributed by atoms with Gasteiger partial charge in [-0.25, -0.2) is 4.98 Å². The summed E-state index contributed by atoms with van der Waals surface area (Å²) in [6.45, 7) is 0.856. The molecule has 3 aromatic heterocycles. The molecule has 0 bridgehead atoms. The lowest BCUT2D eigenvalue weighted by Gasteiger charge is -2.29. The van der Waals surface area contributed by atoms with Crippen molar-refractivity contribution < 1.29 is 9.47 Å². The van der Waals surface area contributed by atoms with Crippen molar-refractivity contribution in [1.29, 1.82) is 0 Å². The highest BCUT2D eigenvalue weighted by molar-refractivity contribution is 6.02. The molecule has 0 saturated heterocycles. The number of likely N-dealkylation sites (N-methyl/N-ethyl adjacent to an activating group) is 1. The Kier molecular flexibility index (Phi) is 4.58. The number of nitrogens with two attached hydrogens (primary N) is 1. The van der Waals surface area contributed by atoms with Crippen LogP contribution in [0.4, 0.5) is 11.6 Å². The molecule has 0 aliphatic carbocycles. The number of nitrogens with one attached hydrogen (secondary N) is 1. The van der Waals surface area contributed by atoms with Crippen LogP contribution in [0, 0.1) is 0 Å². The van der Waals surface area contributed by atoms with Gasteiger partial charge in [-0.05, 0) is 24.3 Å². The van der Waals surface area contributed by atoms with E-state index in [-0.39, 0.29) is 11.7 Å². The van der Waals surface area contributed by atoms with Crippen LogP contribution in [-0.4, -0.2) is 51.0 Å². The molecule has 0 amide bonds. The zero-order chi connectivity index (χ0) is 23.2. The summed E-state index contributed by atoms with van der Waals surface area (Å²) in [5.74, 6) is 1.75. The van der Waals surface area contributed by atoms with E-state index in [1.807, 2.05) is 42.3 Å². The fourth-order valence-electron chi connectivity index (χ4n) is 4.19. The summed E-state index contributed by atoms with van der Waals surface area (Å²) < 4.78 is 13.5. The first kappa shape index (κ1) is 20.0. The number of aromatic nitrogens is 5. The second-order valence-electron chi connectivity index (χ2n) is 8.18. The van der Waals surface area contributed by atoms with Crippen LogP contribution < -0.4 is 25.7 Å². The summed E-state index contributed by atoms with van der Waals surface area (Å²) in [7, 11) is 1.88. The Balaban J connectivity index is 1.38. The molecule has 1 unspecified atom stereocenters. The number of para-hydroxylation sites is 1. The highest BCUT2D eigenvalue weighted by Crippen LogP contribution is 2.33. The van der Waals surface area contributed by atoms with E-state index >= 15 is 0 Å². The lowest BCUT2D eigenvalue weighted by Crippen LogP contribution is -2.40. The topological polar surface area (TPSA) is 124 Å². The maximum Gasteiger partial charge on any atom is 0.267 e. The molecule has 2 aromatic carbocycles. The van der Waals surface area contributed by atoms with Gasteiger partial charge in [-0.15, -0.1) is 0 Å². The van der Waals surface area contributed by atoms with E-state index in [0.29, 0.717) is 63.9 Å². The Hall–Kier alpha value is -4.60. The average Bonchev–Trinajstić information content (AvgIpc) is 3.35. The highest BCUT2D eigenvalue weighted by Gasteiger charge is 2.24. The number of anilines is 2. The molecule has 3 N–H and O–H groups in total. The highest BCUT2D eigenvalue weighted by atomic mass is 16.6. The van der Waals surface area contributed by atoms with E-state index in [1.54, 1.807) is 29.0 Å². The van der Waals surface area contributed by atoms with E-state index in [2.05, 4.69) is 15.2 Å². The van der Waals surface area contributed by atoms with Gasteiger partial charge in [0, 0.05) is 25.0 Å². The Labute approximate surface area is 193 Å². The van der Waals surface area contributed by atoms with E-state index < -0.39 is 0 Å². The van der Waals surface area contributed by atoms with Crippen molar-refractivity contribution >= 4 is 33.6 Å². The van der Waals surface area contributed by atoms with Crippen molar-refractivity contribution in [1.82, 2.24) is 24.7 Å². The number of rotatable bonds is 4. The smallest absolute Gasteiger partial charge is 0.267 e. The normalized spacial score (nSPS) is 15.0. The summed E-state index contributed by atoms with van der Waals surface area (Å²) in [4.78, 5) is 24.5. The van der Waals surface area contributed by atoms with Crippen LogP contribution >= 0.6 is 0 Å². The second kappa shape index (κ2) is 7.77. The van der Waals surface area contributed by atoms with Crippen LogP contribution in [0.5, 0.6) is 11.5 Å². The summed E-state index contributed by atoms with van der Waals surface area (Å²) in [6.07, 6.45) is 3.01. The minimum Gasteiger partial charge on any atom is -0.486 e. The minimum absolute atomic E-state index is 0.199. The van der Waals surface area contributed by atoms with Gasteiger partial charge in [-0.2, -0.15) is 10.1 Å². The number of fused-ring (bicyclic) bond motifs is 4. The standard InChI is InChI=1S/C24H21N7O3/c1-30(12-16-13-33-20-9-14(25)7-8-19(20)34-16)24-26-10-17-21-18(11-27-29-21)23(32)31(22(17)28-24)15-5-3-2-4-6-15/h2-11,16H,12-13,25H2,1H3,(H,27,29). The molecule has 0 radical (unpaired) electrons. The summed E-state index contributed by atoms with van der Waals surface area (Å²) in [5, 5.41) is 8.16. The predicted molar refractivity (Wildman–Crippen MR) is 129 cm³/mol. The lowest BCUT2D eigenvalue weighted by molar-refractivity contribution is 0.0959. The maximum atomic E-state index is 13.3. The van der Waals surface area contributed by atoms with Gasteiger partial charge in [0.25, 0.3) is 5.56 Å². The Morgan fingerprint density at radius 3 is 2.85 bits per heavy atom. The Bertz CT molecular complexity index is 1580. The average molecular weight is 455 g/mol. The van der Waals surface area contributed by atoms with Gasteiger partial charge in [-0.1, -0.05) is 18.2 Å². The molecule has 10 nitrogen and oxygen atoms in total. The molecule has 10 heteroatoms. The number of ether oxygens (including phenoxy) is 2. The quantitative estimate of drug-likeness (QED) is 0.396. The Morgan fingerprint density at radius 2 is 2.00 bits per heavy atom. The third kappa shape index (κ3) is 3.27. The molecule has 4 heterocycles. The molecular weight excluding hydrogens is 434 g/mol. The molecule has 1 aliphatic heterocycles. The van der Waals surface area contributed by atoms with Crippen LogP contribution in [0.2, 0.25) is 0 Å². The fourth-order valence-corrected chi connectivity index (χ4v) is 4.19. The summed E-state index contributed by atoms with van der Waals surface area (Å²) in [6, 6.07) is 14.7. The molecule has 0 fully saturated rings. The van der Waals surface area contributed by atoms with Gasteiger partial charge >= 0.3 is 0 Å². The molecule has 6 rings (SSSR count). The van der Waals surface area contributed by atoms with E-state index in [1.165, 1.54) is 6.20 Å². The number of hydrogen-bond donors (Lipinski definition) is 2. The van der Waals surface area contributed by atoms with E-state index in [4.69, 9.17) is 20.2 Å². The van der Waals surface area contributed by atoms with Gasteiger partial charge < -0.3 is 20.1 Å². The zero-order valence-electron chi connectivity index (χ0n) is 18.3. The van der Waals surface area contributed by atoms with Crippen LogP contribution in [0.15, 0.2) is 65.7 Å². The van der Waals surface area contributed by atoms with Gasteiger partial charge in [0.1, 0.15) is 6.61 Å². The SMILES string of the molecule is CN(CC1COc2cc(N)ccc2O1)c1ncc2c3[nH]ncc3c(=O)n(-c3ccccc3)c2n1. The van der Waals surface area contributed by atoms with Crippen molar-refractivity contribution in [2.75, 3.05) is 30.8 Å². The fraction of sp³-hybridized carbons (Fsp3) is 0.167. The van der Waals surface area contributed by atoms with Crippen LogP contribution in [0.25, 0.3) is 27.6 Å². The number of benzene rings is 2. The van der Waals surface area contributed by atoms with Gasteiger partial charge in [0.15, 0.2) is 23.3 Å². The zero-order valence-corrected chi connectivity index (χ0v) is 18.3. The monoisotopic (exact) mass is 455 g/mol. The first-order valence-corrected chi connectivity index (χ1v) is 10.8. The van der Waals surface area contributed by atoms with Gasteiger partial charge in [-0.3, -0.25) is 14.5 Å². The van der Waals surface area contributed by atoms with Crippen molar-refractivity contribution in [3.63, 3.8) is 0 Å². The summed E-state index contributed by atoms with van der Waals surface area (Å²) >= 11 is 0. The van der Waals surface area contributed by atoms with E-state index in [0.717, 1.165) is 0 Å². The number of H-pyrrole nitrogens is 1. The Morgan fingerprint density at radius 1 is 1.15 bits per heavy atom. The van der Waals surface area contributed by atoms with Crippen molar-refractivity contribution in [2.45, 2.75) is 6.10 Å². The van der Waals surface area contributed by atoms with Crippen molar-refractivity contribution in [2.24, 2.45) is 0 Å². The lowest BCUT2D eigenvalue weighted by atomic mass is 10.2. The molecule has 170 valence electrons. The number of hydrogen-bond acceptors (Lipinski definition) is 8. The van der Waals surface area contributed by atoms with Crippen LogP contribution in [0.1, 0.15) is 0 Å². The maximum absolute atomic E-state index is 13.3. The first-order chi connectivity index (χ1) is 16.6. The molecule has 0 spiro atoms. The minimum atomic E-state index is -0.230. The van der Waals surface area contributed by atoms with Crippen LogP contribution in [0.3, 0.4) is 0 Å². The third-order valence-corrected chi connectivity index (χ3v) is 5.83. The van der Waals surface area contributed by atoms with Crippen molar-refractivity contribution in [3.8, 4) is 17.2 Å². The van der Waals surface area contributed by atoms with Crippen molar-refractivity contribution in [3.05, 3.63) is 71.3 Å². The predicted octanol–water partition coefficient (Wildman–Crippen LogP) is 2.52. The largest absolute Gasteiger partial charge is 0.486 e. The number of nitrogen functional groups attached to an aromatic ring is 1. The molecule has 1 atom stereocenters. The van der Waals surface area contributed by atoms with Gasteiger partial charge in [0.2, 0.25) is 5.95 Å².